The van der Waals surface area contributed by atoms with Crippen LogP contribution >= 0.6 is 0 Å². The third-order valence-corrected chi connectivity index (χ3v) is 4.18. The van der Waals surface area contributed by atoms with Crippen molar-refractivity contribution < 1.29 is 14.7 Å². The number of amides is 2. The zero-order chi connectivity index (χ0) is 16.5. The van der Waals surface area contributed by atoms with E-state index >= 15 is 0 Å². The second kappa shape index (κ2) is 5.85. The molecule has 1 fully saturated rings. The number of aliphatic carboxylic acids is 1. The summed E-state index contributed by atoms with van der Waals surface area (Å²) in [6, 6.07) is -0.580. The average molecular weight is 298 g/mol. The van der Waals surface area contributed by atoms with Crippen molar-refractivity contribution in [2.75, 3.05) is 0 Å². The van der Waals surface area contributed by atoms with Gasteiger partial charge in [0.15, 0.2) is 0 Å². The molecule has 0 aromatic rings. The smallest absolute Gasteiger partial charge is 0.315 e. The summed E-state index contributed by atoms with van der Waals surface area (Å²) in [5, 5.41) is 15.2. The number of hydrogen-bond acceptors (Lipinski definition) is 2. The molecule has 122 valence electrons. The van der Waals surface area contributed by atoms with Crippen LogP contribution < -0.4 is 10.6 Å². The van der Waals surface area contributed by atoms with E-state index in [2.05, 4.69) is 31.4 Å². The van der Waals surface area contributed by atoms with Crippen LogP contribution in [0.15, 0.2) is 0 Å². The van der Waals surface area contributed by atoms with Gasteiger partial charge in [-0.3, -0.25) is 4.79 Å². The van der Waals surface area contributed by atoms with Crippen molar-refractivity contribution in [2.24, 2.45) is 10.8 Å². The van der Waals surface area contributed by atoms with Gasteiger partial charge in [-0.25, -0.2) is 4.79 Å². The maximum absolute atomic E-state index is 12.2. The summed E-state index contributed by atoms with van der Waals surface area (Å²) in [5.74, 6) is -0.834. The highest BCUT2D eigenvalue weighted by Gasteiger charge is 2.46. The molecular weight excluding hydrogens is 268 g/mol. The lowest BCUT2D eigenvalue weighted by Crippen LogP contribution is -2.55. The largest absolute Gasteiger partial charge is 0.481 e. The molecule has 0 radical (unpaired) electrons. The van der Waals surface area contributed by atoms with Crippen molar-refractivity contribution in [1.29, 1.82) is 0 Å². The SMILES string of the molecule is CC(C)(C)CC(C)(C)NC(=O)NC1CCCC1(C)C(=O)O. The van der Waals surface area contributed by atoms with Gasteiger partial charge in [0.1, 0.15) is 0 Å². The molecule has 0 aromatic carbocycles. The van der Waals surface area contributed by atoms with Crippen LogP contribution in [0.5, 0.6) is 0 Å². The maximum atomic E-state index is 12.2. The molecule has 3 N–H and O–H groups in total. The molecule has 2 amide bonds. The first kappa shape index (κ1) is 17.8. The van der Waals surface area contributed by atoms with Crippen LogP contribution in [0.3, 0.4) is 0 Å². The lowest BCUT2D eigenvalue weighted by molar-refractivity contribution is -0.148. The van der Waals surface area contributed by atoms with Crippen LogP contribution in [-0.4, -0.2) is 28.7 Å². The lowest BCUT2D eigenvalue weighted by atomic mass is 9.82. The van der Waals surface area contributed by atoms with Gasteiger partial charge in [-0.1, -0.05) is 27.2 Å². The third kappa shape index (κ3) is 4.90. The van der Waals surface area contributed by atoms with Crippen LogP contribution in [-0.2, 0) is 4.79 Å². The van der Waals surface area contributed by atoms with E-state index in [1.54, 1.807) is 6.92 Å². The normalized spacial score (nSPS) is 26.5. The maximum Gasteiger partial charge on any atom is 0.315 e. The molecule has 5 heteroatoms. The van der Waals surface area contributed by atoms with Crippen molar-refractivity contribution in [2.45, 2.75) is 78.8 Å². The molecule has 1 aliphatic rings. The summed E-state index contributed by atoms with van der Waals surface area (Å²) < 4.78 is 0. The summed E-state index contributed by atoms with van der Waals surface area (Å²) in [6.07, 6.45) is 3.00. The standard InChI is InChI=1S/C16H30N2O3/c1-14(2,3)10-15(4,5)18-13(21)17-11-8-7-9-16(11,6)12(19)20/h11H,7-10H2,1-6H3,(H,19,20)(H2,17,18,21). The molecule has 1 aliphatic carbocycles. The topological polar surface area (TPSA) is 78.4 Å². The summed E-state index contributed by atoms with van der Waals surface area (Å²) in [6.45, 7) is 12.1. The zero-order valence-electron chi connectivity index (χ0n) is 14.2. The molecule has 1 saturated carbocycles. The molecule has 0 bridgehead atoms. The Labute approximate surface area is 127 Å². The summed E-state index contributed by atoms with van der Waals surface area (Å²) in [4.78, 5) is 23.6. The molecule has 1 rings (SSSR count). The molecule has 21 heavy (non-hydrogen) atoms. The number of urea groups is 1. The Bertz CT molecular complexity index is 412. The van der Waals surface area contributed by atoms with E-state index in [-0.39, 0.29) is 23.0 Å². The second-order valence-corrected chi connectivity index (χ2v) is 8.39. The van der Waals surface area contributed by atoms with Crippen LogP contribution in [0, 0.1) is 10.8 Å². The fourth-order valence-electron chi connectivity index (χ4n) is 3.53. The summed E-state index contributed by atoms with van der Waals surface area (Å²) in [7, 11) is 0. The number of carboxylic acids is 1. The minimum absolute atomic E-state index is 0.111. The van der Waals surface area contributed by atoms with Crippen LogP contribution in [0.25, 0.3) is 0 Å². The Morgan fingerprint density at radius 1 is 1.24 bits per heavy atom. The number of carbonyl (C=O) groups is 2. The lowest BCUT2D eigenvalue weighted by Gasteiger charge is -2.35. The van der Waals surface area contributed by atoms with Gasteiger partial charge in [0.2, 0.25) is 0 Å². The van der Waals surface area contributed by atoms with Gasteiger partial charge < -0.3 is 15.7 Å². The van der Waals surface area contributed by atoms with Crippen molar-refractivity contribution in [3.05, 3.63) is 0 Å². The molecule has 0 spiro atoms. The Kier molecular flexibility index (Phi) is 4.96. The average Bonchev–Trinajstić information content (AvgIpc) is 2.56. The number of rotatable bonds is 4. The van der Waals surface area contributed by atoms with E-state index in [1.807, 2.05) is 13.8 Å². The first-order valence-electron chi connectivity index (χ1n) is 7.68. The van der Waals surface area contributed by atoms with Crippen LogP contribution in [0.2, 0.25) is 0 Å². The van der Waals surface area contributed by atoms with Gasteiger partial charge in [-0.15, -0.1) is 0 Å². The van der Waals surface area contributed by atoms with Gasteiger partial charge in [0, 0.05) is 11.6 Å². The van der Waals surface area contributed by atoms with Crippen molar-refractivity contribution in [3.8, 4) is 0 Å². The Balaban J connectivity index is 2.64. The molecular formula is C16H30N2O3. The van der Waals surface area contributed by atoms with Crippen LogP contribution in [0.4, 0.5) is 4.79 Å². The molecule has 0 heterocycles. The quantitative estimate of drug-likeness (QED) is 0.746. The number of carboxylic acid groups (broad SMARTS) is 1. The molecule has 0 aromatic heterocycles. The monoisotopic (exact) mass is 298 g/mol. The highest BCUT2D eigenvalue weighted by molar-refractivity contribution is 5.79. The molecule has 2 unspecified atom stereocenters. The van der Waals surface area contributed by atoms with Crippen LogP contribution in [0.1, 0.15) is 67.2 Å². The highest BCUT2D eigenvalue weighted by Crippen LogP contribution is 2.38. The Morgan fingerprint density at radius 2 is 1.81 bits per heavy atom. The molecule has 0 aliphatic heterocycles. The van der Waals surface area contributed by atoms with Gasteiger partial charge in [0.25, 0.3) is 0 Å². The Hall–Kier alpha value is -1.26. The molecule has 5 nitrogen and oxygen atoms in total. The first-order chi connectivity index (χ1) is 9.36. The highest BCUT2D eigenvalue weighted by atomic mass is 16.4. The number of hydrogen-bond donors (Lipinski definition) is 3. The van der Waals surface area contributed by atoms with Gasteiger partial charge in [-0.2, -0.15) is 0 Å². The van der Waals surface area contributed by atoms with E-state index in [1.165, 1.54) is 0 Å². The Morgan fingerprint density at radius 3 is 2.29 bits per heavy atom. The molecule has 0 saturated heterocycles. The van der Waals surface area contributed by atoms with Gasteiger partial charge >= 0.3 is 12.0 Å². The number of carbonyl (C=O) groups excluding carboxylic acids is 1. The summed E-state index contributed by atoms with van der Waals surface area (Å²) in [5.41, 5.74) is -1.08. The minimum atomic E-state index is -0.856. The van der Waals surface area contributed by atoms with Gasteiger partial charge in [-0.05, 0) is 45.4 Å². The zero-order valence-corrected chi connectivity index (χ0v) is 14.2. The fraction of sp³-hybridized carbons (Fsp3) is 0.875. The predicted molar refractivity (Wildman–Crippen MR) is 83.2 cm³/mol. The van der Waals surface area contributed by atoms with Crippen molar-refractivity contribution in [3.63, 3.8) is 0 Å². The third-order valence-electron chi connectivity index (χ3n) is 4.18. The number of nitrogens with one attached hydrogen (secondary N) is 2. The minimum Gasteiger partial charge on any atom is -0.481 e. The van der Waals surface area contributed by atoms with Gasteiger partial charge in [0.05, 0.1) is 5.41 Å². The van der Waals surface area contributed by atoms with E-state index in [0.717, 1.165) is 19.3 Å². The van der Waals surface area contributed by atoms with Crippen molar-refractivity contribution >= 4 is 12.0 Å². The first-order valence-corrected chi connectivity index (χ1v) is 7.68. The van der Waals surface area contributed by atoms with Crippen molar-refractivity contribution in [1.82, 2.24) is 10.6 Å². The summed E-state index contributed by atoms with van der Waals surface area (Å²) >= 11 is 0. The van der Waals surface area contributed by atoms with E-state index in [0.29, 0.717) is 6.42 Å². The van der Waals surface area contributed by atoms with E-state index in [4.69, 9.17) is 0 Å². The van der Waals surface area contributed by atoms with E-state index < -0.39 is 11.4 Å². The van der Waals surface area contributed by atoms with E-state index in [9.17, 15) is 14.7 Å². The molecule has 2 atom stereocenters. The fourth-order valence-corrected chi connectivity index (χ4v) is 3.53. The predicted octanol–water partition coefficient (Wildman–Crippen LogP) is 3.14. The second-order valence-electron chi connectivity index (χ2n) is 8.39.